The van der Waals surface area contributed by atoms with E-state index in [2.05, 4.69) is 27.1 Å². The zero-order chi connectivity index (χ0) is 22.7. The van der Waals surface area contributed by atoms with Crippen LogP contribution in [0, 0.1) is 5.82 Å². The molecule has 168 valence electrons. The van der Waals surface area contributed by atoms with Gasteiger partial charge < -0.3 is 4.74 Å². The Hall–Kier alpha value is -3.08. The minimum atomic E-state index is -4.01. The second-order valence-electron chi connectivity index (χ2n) is 7.53. The molecule has 0 unspecified atom stereocenters. The summed E-state index contributed by atoms with van der Waals surface area (Å²) < 4.78 is 44.7. The van der Waals surface area contributed by atoms with Gasteiger partial charge in [-0.15, -0.1) is 5.10 Å². The molecular weight excluding hydrogens is 433 g/mol. The highest BCUT2D eigenvalue weighted by Crippen LogP contribution is 2.21. The molecule has 0 amide bonds. The van der Waals surface area contributed by atoms with E-state index in [-0.39, 0.29) is 10.6 Å². The van der Waals surface area contributed by atoms with E-state index in [0.29, 0.717) is 24.6 Å². The van der Waals surface area contributed by atoms with E-state index in [9.17, 15) is 12.8 Å². The number of primary sulfonamides is 1. The van der Waals surface area contributed by atoms with Crippen molar-refractivity contribution in [1.29, 1.82) is 0 Å². The maximum absolute atomic E-state index is 14.9. The third kappa shape index (κ3) is 5.04. The summed E-state index contributed by atoms with van der Waals surface area (Å²) in [7, 11) is -2.41. The van der Waals surface area contributed by atoms with Crippen LogP contribution < -0.4 is 9.88 Å². The zero-order valence-electron chi connectivity index (χ0n) is 17.6. The number of hydrogen-bond donors (Lipinski definition) is 1. The average molecular weight is 458 g/mol. The van der Waals surface area contributed by atoms with E-state index in [1.165, 1.54) is 16.8 Å². The predicted molar refractivity (Wildman–Crippen MR) is 118 cm³/mol. The van der Waals surface area contributed by atoms with E-state index in [1.807, 2.05) is 24.3 Å². The van der Waals surface area contributed by atoms with Gasteiger partial charge >= 0.3 is 0 Å². The monoisotopic (exact) mass is 457 g/mol. The molecule has 1 aliphatic heterocycles. The normalized spacial score (nSPS) is 14.6. The van der Waals surface area contributed by atoms with Crippen LogP contribution in [0.3, 0.4) is 0 Å². The van der Waals surface area contributed by atoms with Crippen molar-refractivity contribution in [2.24, 2.45) is 5.14 Å². The molecule has 0 aliphatic carbocycles. The Balaban J connectivity index is 1.70. The lowest BCUT2D eigenvalue weighted by molar-refractivity contribution is 0.283. The lowest BCUT2D eigenvalue weighted by atomic mass is 10.1. The predicted octanol–water partition coefficient (Wildman–Crippen LogP) is 2.42. The quantitative estimate of drug-likeness (QED) is 0.547. The number of hydrogen-bond acceptors (Lipinski definition) is 6. The van der Waals surface area contributed by atoms with Gasteiger partial charge in [0.2, 0.25) is 10.0 Å². The van der Waals surface area contributed by atoms with Gasteiger partial charge in [0.25, 0.3) is 0 Å². The van der Waals surface area contributed by atoms with Gasteiger partial charge in [-0.25, -0.2) is 27.6 Å². The molecule has 0 bridgehead atoms. The van der Waals surface area contributed by atoms with Crippen molar-refractivity contribution in [1.82, 2.24) is 19.7 Å². The minimum Gasteiger partial charge on any atom is -0.497 e. The second kappa shape index (κ2) is 9.19. The highest BCUT2D eigenvalue weighted by atomic mass is 32.2. The van der Waals surface area contributed by atoms with Crippen molar-refractivity contribution < 1.29 is 17.5 Å². The van der Waals surface area contributed by atoms with E-state index in [4.69, 9.17) is 9.88 Å². The first kappa shape index (κ1) is 22.1. The summed E-state index contributed by atoms with van der Waals surface area (Å²) in [5, 5.41) is 9.68. The SMILES string of the molecule is COc1ccc(Cc2nc(CN3CC=CCC3)nn2-c2ccc(S(N)(=O)=O)cc2F)cc1. The topological polar surface area (TPSA) is 103 Å². The maximum atomic E-state index is 14.9. The van der Waals surface area contributed by atoms with Crippen molar-refractivity contribution >= 4 is 10.0 Å². The maximum Gasteiger partial charge on any atom is 0.238 e. The number of nitrogens with zero attached hydrogens (tertiary/aromatic N) is 4. The van der Waals surface area contributed by atoms with Crippen LogP contribution in [0.25, 0.3) is 5.69 Å². The molecule has 32 heavy (non-hydrogen) atoms. The Morgan fingerprint density at radius 2 is 1.94 bits per heavy atom. The molecule has 1 aliphatic rings. The van der Waals surface area contributed by atoms with Crippen LogP contribution in [0.5, 0.6) is 5.75 Å². The molecule has 10 heteroatoms. The van der Waals surface area contributed by atoms with E-state index in [1.54, 1.807) is 7.11 Å². The summed E-state index contributed by atoms with van der Waals surface area (Å²) in [4.78, 5) is 6.59. The Morgan fingerprint density at radius 1 is 1.16 bits per heavy atom. The van der Waals surface area contributed by atoms with Crippen molar-refractivity contribution in [3.8, 4) is 11.4 Å². The highest BCUT2D eigenvalue weighted by Gasteiger charge is 2.19. The molecule has 1 aromatic heterocycles. The fourth-order valence-electron chi connectivity index (χ4n) is 3.56. The van der Waals surface area contributed by atoms with E-state index < -0.39 is 15.8 Å². The highest BCUT2D eigenvalue weighted by molar-refractivity contribution is 7.89. The van der Waals surface area contributed by atoms with Crippen molar-refractivity contribution in [2.45, 2.75) is 24.3 Å². The second-order valence-corrected chi connectivity index (χ2v) is 9.10. The lowest BCUT2D eigenvalue weighted by Gasteiger charge is -2.20. The Labute approximate surface area is 186 Å². The van der Waals surface area contributed by atoms with Crippen molar-refractivity contribution in [3.63, 3.8) is 0 Å². The van der Waals surface area contributed by atoms with Crippen LogP contribution in [-0.4, -0.2) is 48.3 Å². The number of ether oxygens (including phenoxy) is 1. The van der Waals surface area contributed by atoms with Crippen LogP contribution in [0.15, 0.2) is 59.5 Å². The van der Waals surface area contributed by atoms with Gasteiger partial charge in [-0.3, -0.25) is 4.90 Å². The number of methoxy groups -OCH3 is 1. The van der Waals surface area contributed by atoms with Crippen LogP contribution >= 0.6 is 0 Å². The zero-order valence-corrected chi connectivity index (χ0v) is 18.4. The van der Waals surface area contributed by atoms with Gasteiger partial charge in [0.15, 0.2) is 5.82 Å². The molecule has 0 radical (unpaired) electrons. The third-order valence-electron chi connectivity index (χ3n) is 5.22. The van der Waals surface area contributed by atoms with Crippen molar-refractivity contribution in [3.05, 3.63) is 77.6 Å². The lowest BCUT2D eigenvalue weighted by Crippen LogP contribution is -2.27. The average Bonchev–Trinajstić information content (AvgIpc) is 3.16. The molecule has 0 saturated carbocycles. The Bertz CT molecular complexity index is 1240. The number of aromatic nitrogens is 3. The molecule has 8 nitrogen and oxygen atoms in total. The molecular formula is C22H24FN5O3S. The molecule has 2 aromatic carbocycles. The molecule has 3 aromatic rings. The summed E-state index contributed by atoms with van der Waals surface area (Å²) in [6.07, 6.45) is 5.61. The minimum absolute atomic E-state index is 0.109. The number of nitrogens with two attached hydrogens (primary N) is 1. The summed E-state index contributed by atoms with van der Waals surface area (Å²) >= 11 is 0. The first-order valence-electron chi connectivity index (χ1n) is 10.1. The molecule has 0 saturated heterocycles. The summed E-state index contributed by atoms with van der Waals surface area (Å²) in [5.41, 5.74) is 1.06. The molecule has 4 rings (SSSR count). The van der Waals surface area contributed by atoms with Gasteiger partial charge in [-0.05, 0) is 42.3 Å². The molecule has 0 fully saturated rings. The van der Waals surface area contributed by atoms with Gasteiger partial charge in [0, 0.05) is 19.5 Å². The Kier molecular flexibility index (Phi) is 6.35. The molecule has 2 heterocycles. The summed E-state index contributed by atoms with van der Waals surface area (Å²) in [6.45, 7) is 2.24. The van der Waals surface area contributed by atoms with Gasteiger partial charge in [0.05, 0.1) is 18.6 Å². The largest absolute Gasteiger partial charge is 0.497 e. The molecule has 2 N–H and O–H groups in total. The van der Waals surface area contributed by atoms with E-state index >= 15 is 0 Å². The van der Waals surface area contributed by atoms with Crippen LogP contribution in [0.1, 0.15) is 23.6 Å². The smallest absolute Gasteiger partial charge is 0.238 e. The number of rotatable bonds is 7. The Morgan fingerprint density at radius 3 is 2.56 bits per heavy atom. The van der Waals surface area contributed by atoms with E-state index in [0.717, 1.165) is 36.9 Å². The molecule has 0 spiro atoms. The van der Waals surface area contributed by atoms with Crippen LogP contribution in [-0.2, 0) is 23.0 Å². The van der Waals surface area contributed by atoms with Crippen molar-refractivity contribution in [2.75, 3.05) is 20.2 Å². The number of benzene rings is 2. The fraction of sp³-hybridized carbons (Fsp3) is 0.273. The standard InChI is InChI=1S/C22H24FN5O3S/c1-31-17-7-5-16(6-8-17)13-22-25-21(15-27-11-3-2-4-12-27)26-28(22)20-10-9-18(14-19(20)23)32(24,29)30/h2-3,5-10,14H,4,11-13,15H2,1H3,(H2,24,29,30). The number of sulfonamides is 1. The van der Waals surface area contributed by atoms with Gasteiger partial charge in [-0.2, -0.15) is 0 Å². The third-order valence-corrected chi connectivity index (χ3v) is 6.13. The van der Waals surface area contributed by atoms with Crippen LogP contribution in [0.2, 0.25) is 0 Å². The van der Waals surface area contributed by atoms with Gasteiger partial charge in [0.1, 0.15) is 23.1 Å². The fourth-order valence-corrected chi connectivity index (χ4v) is 4.09. The summed E-state index contributed by atoms with van der Waals surface area (Å²) in [6, 6.07) is 11.0. The summed E-state index contributed by atoms with van der Waals surface area (Å²) in [5.74, 6) is 1.10. The first-order chi connectivity index (χ1) is 15.3. The molecule has 0 atom stereocenters. The number of halogens is 1. The van der Waals surface area contributed by atoms with Gasteiger partial charge in [-0.1, -0.05) is 24.3 Å². The van der Waals surface area contributed by atoms with Crippen LogP contribution in [0.4, 0.5) is 4.39 Å². The first-order valence-corrected chi connectivity index (χ1v) is 11.7.